The van der Waals surface area contributed by atoms with Crippen molar-refractivity contribution in [2.24, 2.45) is 0 Å². The van der Waals surface area contributed by atoms with Crippen molar-refractivity contribution in [3.63, 3.8) is 0 Å². The van der Waals surface area contributed by atoms with Crippen LogP contribution in [0.15, 0.2) is 4.79 Å². The highest BCUT2D eigenvalue weighted by atomic mass is 16.5. The van der Waals surface area contributed by atoms with E-state index in [0.29, 0.717) is 19.7 Å². The minimum Gasteiger partial charge on any atom is -0.375 e. The fraction of sp³-hybridized carbons (Fsp3) is 0.786. The average Bonchev–Trinajstić information content (AvgIpc) is 2.66. The summed E-state index contributed by atoms with van der Waals surface area (Å²) in [7, 11) is 0. The molecule has 21 heavy (non-hydrogen) atoms. The minimum absolute atomic E-state index is 0.0333. The van der Waals surface area contributed by atoms with Crippen LogP contribution in [-0.4, -0.2) is 51.0 Å². The summed E-state index contributed by atoms with van der Waals surface area (Å²) in [5, 5.41) is 4.35. The molecule has 0 aromatic carbocycles. The number of nitrogens with zero attached hydrogens (tertiary/aromatic N) is 4. The summed E-state index contributed by atoms with van der Waals surface area (Å²) in [6.07, 6.45) is 4.08. The molecule has 1 amide bonds. The van der Waals surface area contributed by atoms with Crippen molar-refractivity contribution in [3.8, 4) is 0 Å². The molecule has 3 rings (SSSR count). The van der Waals surface area contributed by atoms with Gasteiger partial charge in [-0.1, -0.05) is 6.42 Å². The van der Waals surface area contributed by atoms with Crippen molar-refractivity contribution in [2.45, 2.75) is 51.8 Å². The standard InChI is InChI=1S/C14H22N4O3/c1-11-9-16(7-8-21-11)13(19)10-18-14(20)17-6-4-2-3-5-12(17)15-18/h11H,2-10H2,1H3. The first kappa shape index (κ1) is 14.3. The number of carbonyl (C=O) groups excluding carboxylic acids is 1. The molecule has 0 spiro atoms. The number of ether oxygens (including phenoxy) is 1. The maximum absolute atomic E-state index is 12.3. The topological polar surface area (TPSA) is 69.4 Å². The lowest BCUT2D eigenvalue weighted by Crippen LogP contribution is -2.46. The highest BCUT2D eigenvalue weighted by molar-refractivity contribution is 5.76. The molecule has 1 unspecified atom stereocenters. The summed E-state index contributed by atoms with van der Waals surface area (Å²) in [4.78, 5) is 26.4. The van der Waals surface area contributed by atoms with Crippen LogP contribution in [0.3, 0.4) is 0 Å². The zero-order chi connectivity index (χ0) is 14.8. The van der Waals surface area contributed by atoms with E-state index in [0.717, 1.165) is 38.1 Å². The van der Waals surface area contributed by atoms with Crippen LogP contribution in [0.1, 0.15) is 32.0 Å². The predicted molar refractivity (Wildman–Crippen MR) is 76.0 cm³/mol. The number of aromatic nitrogens is 3. The fourth-order valence-corrected chi connectivity index (χ4v) is 3.00. The molecule has 1 aromatic heterocycles. The predicted octanol–water partition coefficient (Wildman–Crippen LogP) is 0.0185. The lowest BCUT2D eigenvalue weighted by molar-refractivity contribution is -0.139. The lowest BCUT2D eigenvalue weighted by Gasteiger charge is -2.31. The van der Waals surface area contributed by atoms with Gasteiger partial charge in [0.1, 0.15) is 12.4 Å². The van der Waals surface area contributed by atoms with Crippen LogP contribution in [0, 0.1) is 0 Å². The fourth-order valence-electron chi connectivity index (χ4n) is 3.00. The summed E-state index contributed by atoms with van der Waals surface area (Å²) in [5.41, 5.74) is -0.151. The molecule has 0 N–H and O–H groups in total. The van der Waals surface area contributed by atoms with Gasteiger partial charge < -0.3 is 9.64 Å². The smallest absolute Gasteiger partial charge is 0.346 e. The Morgan fingerprint density at radius 2 is 2.19 bits per heavy atom. The minimum atomic E-state index is -0.151. The van der Waals surface area contributed by atoms with E-state index in [2.05, 4.69) is 5.10 Å². The van der Waals surface area contributed by atoms with Gasteiger partial charge in [0.25, 0.3) is 0 Å². The van der Waals surface area contributed by atoms with Gasteiger partial charge in [-0.25, -0.2) is 9.48 Å². The molecule has 0 aliphatic carbocycles. The van der Waals surface area contributed by atoms with Crippen LogP contribution in [-0.2, 0) is 29.0 Å². The van der Waals surface area contributed by atoms with Crippen molar-refractivity contribution in [3.05, 3.63) is 16.3 Å². The molecule has 0 radical (unpaired) electrons. The summed E-state index contributed by atoms with van der Waals surface area (Å²) in [6, 6.07) is 0. The molecular formula is C14H22N4O3. The quantitative estimate of drug-likeness (QED) is 0.771. The van der Waals surface area contributed by atoms with Gasteiger partial charge in [0, 0.05) is 26.1 Å². The second-order valence-electron chi connectivity index (χ2n) is 5.84. The number of carbonyl (C=O) groups is 1. The monoisotopic (exact) mass is 294 g/mol. The van der Waals surface area contributed by atoms with Crippen LogP contribution in [0.2, 0.25) is 0 Å². The molecule has 7 heteroatoms. The van der Waals surface area contributed by atoms with Crippen molar-refractivity contribution >= 4 is 5.91 Å². The van der Waals surface area contributed by atoms with Gasteiger partial charge in [0.2, 0.25) is 5.91 Å². The third-order valence-electron chi connectivity index (χ3n) is 4.16. The molecule has 1 fully saturated rings. The number of morpholine rings is 1. The summed E-state index contributed by atoms with van der Waals surface area (Å²) >= 11 is 0. The number of fused-ring (bicyclic) bond motifs is 1. The summed E-state index contributed by atoms with van der Waals surface area (Å²) in [5.74, 6) is 0.765. The molecule has 1 aromatic rings. The van der Waals surface area contributed by atoms with E-state index in [-0.39, 0.29) is 24.2 Å². The second-order valence-corrected chi connectivity index (χ2v) is 5.84. The normalized spacial score (nSPS) is 22.7. The highest BCUT2D eigenvalue weighted by Gasteiger charge is 2.23. The molecule has 116 valence electrons. The molecule has 2 aliphatic rings. The Hall–Kier alpha value is -1.63. The Bertz CT molecular complexity index is 577. The van der Waals surface area contributed by atoms with Crippen molar-refractivity contribution < 1.29 is 9.53 Å². The maximum Gasteiger partial charge on any atom is 0.346 e. The van der Waals surface area contributed by atoms with Gasteiger partial charge in [-0.15, -0.1) is 0 Å². The average molecular weight is 294 g/mol. The Balaban J connectivity index is 1.73. The number of rotatable bonds is 2. The lowest BCUT2D eigenvalue weighted by atomic mass is 10.2. The van der Waals surface area contributed by atoms with Crippen LogP contribution in [0.5, 0.6) is 0 Å². The van der Waals surface area contributed by atoms with Gasteiger partial charge in [-0.2, -0.15) is 5.10 Å². The summed E-state index contributed by atoms with van der Waals surface area (Å²) < 4.78 is 8.48. The zero-order valence-corrected chi connectivity index (χ0v) is 12.5. The van der Waals surface area contributed by atoms with Gasteiger partial charge >= 0.3 is 5.69 Å². The van der Waals surface area contributed by atoms with E-state index in [4.69, 9.17) is 4.74 Å². The van der Waals surface area contributed by atoms with Crippen LogP contribution in [0.4, 0.5) is 0 Å². The molecule has 3 heterocycles. The Labute approximate surface area is 123 Å². The Morgan fingerprint density at radius 3 is 3.00 bits per heavy atom. The Morgan fingerprint density at radius 1 is 1.33 bits per heavy atom. The van der Waals surface area contributed by atoms with E-state index in [1.807, 2.05) is 6.92 Å². The van der Waals surface area contributed by atoms with Gasteiger partial charge in [0.05, 0.1) is 12.7 Å². The third-order valence-corrected chi connectivity index (χ3v) is 4.16. The zero-order valence-electron chi connectivity index (χ0n) is 12.5. The molecule has 7 nitrogen and oxygen atoms in total. The molecular weight excluding hydrogens is 272 g/mol. The second kappa shape index (κ2) is 6.01. The number of aryl methyl sites for hydroxylation is 1. The van der Waals surface area contributed by atoms with Crippen LogP contribution < -0.4 is 5.69 Å². The van der Waals surface area contributed by atoms with Gasteiger partial charge in [0.15, 0.2) is 0 Å². The maximum atomic E-state index is 12.3. The van der Waals surface area contributed by atoms with Crippen molar-refractivity contribution in [1.29, 1.82) is 0 Å². The third kappa shape index (κ3) is 3.02. The van der Waals surface area contributed by atoms with Crippen molar-refractivity contribution in [1.82, 2.24) is 19.2 Å². The van der Waals surface area contributed by atoms with Crippen molar-refractivity contribution in [2.75, 3.05) is 19.7 Å². The largest absolute Gasteiger partial charge is 0.375 e. The van der Waals surface area contributed by atoms with Gasteiger partial charge in [-0.05, 0) is 19.8 Å². The van der Waals surface area contributed by atoms with E-state index in [9.17, 15) is 9.59 Å². The first-order chi connectivity index (χ1) is 10.1. The first-order valence-corrected chi connectivity index (χ1v) is 7.71. The molecule has 1 atom stereocenters. The summed E-state index contributed by atoms with van der Waals surface area (Å²) in [6.45, 7) is 4.43. The molecule has 1 saturated heterocycles. The van der Waals surface area contributed by atoms with Gasteiger partial charge in [-0.3, -0.25) is 9.36 Å². The molecule has 0 bridgehead atoms. The number of hydrogen-bond donors (Lipinski definition) is 0. The number of hydrogen-bond acceptors (Lipinski definition) is 4. The van der Waals surface area contributed by atoms with Crippen LogP contribution >= 0.6 is 0 Å². The SMILES string of the molecule is CC1CN(C(=O)Cn2nc3n(c2=O)CCCCC3)CCO1. The van der Waals surface area contributed by atoms with E-state index in [1.165, 1.54) is 4.68 Å². The van der Waals surface area contributed by atoms with E-state index >= 15 is 0 Å². The molecule has 2 aliphatic heterocycles. The first-order valence-electron chi connectivity index (χ1n) is 7.71. The molecule has 0 saturated carbocycles. The van der Waals surface area contributed by atoms with E-state index in [1.54, 1.807) is 9.47 Å². The van der Waals surface area contributed by atoms with E-state index < -0.39 is 0 Å². The highest BCUT2D eigenvalue weighted by Crippen LogP contribution is 2.10. The van der Waals surface area contributed by atoms with Crippen LogP contribution in [0.25, 0.3) is 0 Å². The number of amides is 1. The Kier molecular flexibility index (Phi) is 4.10.